The molecule has 0 fully saturated rings. The average Bonchev–Trinajstić information content (AvgIpc) is 2.38. The number of rotatable bonds is 3. The lowest BCUT2D eigenvalue weighted by Gasteiger charge is -2.20. The molecule has 0 amide bonds. The van der Waals surface area contributed by atoms with Crippen LogP contribution >= 0.6 is 0 Å². The molecular formula is C14H15FN2O. The lowest BCUT2D eigenvalue weighted by atomic mass is 10.1. The largest absolute Gasteiger partial charge is 0.508 e. The molecule has 0 aliphatic rings. The predicted molar refractivity (Wildman–Crippen MR) is 70.5 cm³/mol. The highest BCUT2D eigenvalue weighted by molar-refractivity contribution is 5.63. The van der Waals surface area contributed by atoms with Gasteiger partial charge in [-0.25, -0.2) is 4.39 Å². The Morgan fingerprint density at radius 1 is 1.11 bits per heavy atom. The second kappa shape index (κ2) is 5.06. The van der Waals surface area contributed by atoms with Crippen molar-refractivity contribution in [2.24, 2.45) is 5.73 Å². The smallest absolute Gasteiger partial charge is 0.129 e. The number of hydrogen-bond donors (Lipinski definition) is 2. The van der Waals surface area contributed by atoms with Crippen LogP contribution in [0.15, 0.2) is 42.5 Å². The highest BCUT2D eigenvalue weighted by Gasteiger charge is 2.07. The van der Waals surface area contributed by atoms with Gasteiger partial charge in [0.15, 0.2) is 0 Å². The van der Waals surface area contributed by atoms with Crippen LogP contribution in [0, 0.1) is 5.82 Å². The van der Waals surface area contributed by atoms with Gasteiger partial charge in [-0.05, 0) is 36.4 Å². The van der Waals surface area contributed by atoms with E-state index < -0.39 is 0 Å². The van der Waals surface area contributed by atoms with Crippen molar-refractivity contribution in [2.45, 2.75) is 6.54 Å². The second-order valence-electron chi connectivity index (χ2n) is 4.06. The Labute approximate surface area is 105 Å². The van der Waals surface area contributed by atoms with E-state index >= 15 is 0 Å². The topological polar surface area (TPSA) is 49.5 Å². The number of phenolic OH excluding ortho intramolecular Hbond substituents is 1. The number of hydrogen-bond acceptors (Lipinski definition) is 3. The fraction of sp³-hybridized carbons (Fsp3) is 0.143. The van der Waals surface area contributed by atoms with Gasteiger partial charge in [0.2, 0.25) is 0 Å². The van der Waals surface area contributed by atoms with Crippen LogP contribution in [0.4, 0.5) is 15.8 Å². The quantitative estimate of drug-likeness (QED) is 0.875. The van der Waals surface area contributed by atoms with E-state index in [0.717, 1.165) is 11.4 Å². The Morgan fingerprint density at radius 2 is 1.72 bits per heavy atom. The Balaban J connectivity index is 2.31. The SMILES string of the molecule is CN(c1ccc(O)cc1)c1ccc(CN)c(F)c1. The number of nitrogens with zero attached hydrogens (tertiary/aromatic N) is 1. The maximum atomic E-state index is 13.6. The van der Waals surface area contributed by atoms with E-state index in [1.54, 1.807) is 30.3 Å². The molecule has 3 nitrogen and oxygen atoms in total. The van der Waals surface area contributed by atoms with E-state index in [-0.39, 0.29) is 18.1 Å². The molecule has 18 heavy (non-hydrogen) atoms. The molecule has 2 rings (SSSR count). The zero-order chi connectivity index (χ0) is 13.1. The van der Waals surface area contributed by atoms with Gasteiger partial charge in [-0.3, -0.25) is 0 Å². The summed E-state index contributed by atoms with van der Waals surface area (Å²) in [5.74, 6) is -0.0996. The van der Waals surface area contributed by atoms with Crippen molar-refractivity contribution < 1.29 is 9.50 Å². The molecule has 4 heteroatoms. The van der Waals surface area contributed by atoms with Crippen LogP contribution in [0.3, 0.4) is 0 Å². The van der Waals surface area contributed by atoms with Gasteiger partial charge >= 0.3 is 0 Å². The lowest BCUT2D eigenvalue weighted by Crippen LogP contribution is -2.10. The van der Waals surface area contributed by atoms with Crippen LogP contribution in [0.1, 0.15) is 5.56 Å². The summed E-state index contributed by atoms with van der Waals surface area (Å²) in [5, 5.41) is 9.23. The van der Waals surface area contributed by atoms with Crippen molar-refractivity contribution in [3.63, 3.8) is 0 Å². The van der Waals surface area contributed by atoms with Gasteiger partial charge in [0.1, 0.15) is 11.6 Å². The van der Waals surface area contributed by atoms with E-state index in [9.17, 15) is 9.50 Å². The van der Waals surface area contributed by atoms with Crippen LogP contribution in [0.5, 0.6) is 5.75 Å². The van der Waals surface area contributed by atoms with E-state index in [1.165, 1.54) is 6.07 Å². The normalized spacial score (nSPS) is 10.4. The molecule has 3 N–H and O–H groups in total. The van der Waals surface area contributed by atoms with Crippen molar-refractivity contribution in [3.8, 4) is 5.75 Å². The molecule has 0 unspecified atom stereocenters. The van der Waals surface area contributed by atoms with Gasteiger partial charge in [-0.2, -0.15) is 0 Å². The first-order valence-electron chi connectivity index (χ1n) is 5.63. The van der Waals surface area contributed by atoms with Crippen LogP contribution in [0.25, 0.3) is 0 Å². The maximum Gasteiger partial charge on any atom is 0.129 e. The third kappa shape index (κ3) is 2.43. The third-order valence-corrected chi connectivity index (χ3v) is 2.88. The summed E-state index contributed by atoms with van der Waals surface area (Å²) in [5.41, 5.74) is 7.52. The molecular weight excluding hydrogens is 231 g/mol. The number of anilines is 2. The van der Waals surface area contributed by atoms with E-state index in [4.69, 9.17) is 5.73 Å². The highest BCUT2D eigenvalue weighted by Crippen LogP contribution is 2.26. The zero-order valence-corrected chi connectivity index (χ0v) is 10.1. The molecule has 0 aromatic heterocycles. The number of halogens is 1. The predicted octanol–water partition coefficient (Wildman–Crippen LogP) is 2.76. The number of benzene rings is 2. The Kier molecular flexibility index (Phi) is 3.48. The summed E-state index contributed by atoms with van der Waals surface area (Å²) in [6.45, 7) is 0.190. The summed E-state index contributed by atoms with van der Waals surface area (Å²) in [7, 11) is 1.84. The van der Waals surface area contributed by atoms with Crippen LogP contribution < -0.4 is 10.6 Å². The third-order valence-electron chi connectivity index (χ3n) is 2.88. The van der Waals surface area contributed by atoms with Gasteiger partial charge < -0.3 is 15.7 Å². The Hall–Kier alpha value is -2.07. The molecule has 0 radical (unpaired) electrons. The highest BCUT2D eigenvalue weighted by atomic mass is 19.1. The Morgan fingerprint density at radius 3 is 2.28 bits per heavy atom. The van der Waals surface area contributed by atoms with Gasteiger partial charge in [-0.15, -0.1) is 0 Å². The zero-order valence-electron chi connectivity index (χ0n) is 10.1. The monoisotopic (exact) mass is 246 g/mol. The minimum Gasteiger partial charge on any atom is -0.508 e. The van der Waals surface area contributed by atoms with Crippen molar-refractivity contribution in [3.05, 3.63) is 53.8 Å². The van der Waals surface area contributed by atoms with Crippen molar-refractivity contribution >= 4 is 11.4 Å². The number of phenols is 1. The summed E-state index contributed by atoms with van der Waals surface area (Å²) < 4.78 is 13.6. The molecule has 0 saturated heterocycles. The van der Waals surface area contributed by atoms with E-state index in [1.807, 2.05) is 18.0 Å². The standard InChI is InChI=1S/C14H15FN2O/c1-17(11-4-6-13(18)7-5-11)12-3-2-10(9-16)14(15)8-12/h2-8,18H,9,16H2,1H3. The molecule has 0 bridgehead atoms. The molecule has 0 aliphatic carbocycles. The minimum atomic E-state index is -0.305. The first-order valence-corrected chi connectivity index (χ1v) is 5.63. The number of nitrogens with two attached hydrogens (primary N) is 1. The molecule has 2 aromatic carbocycles. The van der Waals surface area contributed by atoms with Crippen molar-refractivity contribution in [1.82, 2.24) is 0 Å². The fourth-order valence-corrected chi connectivity index (χ4v) is 1.74. The van der Waals surface area contributed by atoms with Gasteiger partial charge in [-0.1, -0.05) is 6.07 Å². The molecule has 0 heterocycles. The lowest BCUT2D eigenvalue weighted by molar-refractivity contribution is 0.475. The van der Waals surface area contributed by atoms with Crippen molar-refractivity contribution in [1.29, 1.82) is 0 Å². The summed E-state index contributed by atoms with van der Waals surface area (Å²) in [6, 6.07) is 11.7. The number of aromatic hydroxyl groups is 1. The second-order valence-corrected chi connectivity index (χ2v) is 4.06. The van der Waals surface area contributed by atoms with Crippen molar-refractivity contribution in [2.75, 3.05) is 11.9 Å². The van der Waals surface area contributed by atoms with Gasteiger partial charge in [0.25, 0.3) is 0 Å². The molecule has 0 spiro atoms. The maximum absolute atomic E-state index is 13.6. The first kappa shape index (κ1) is 12.4. The van der Waals surface area contributed by atoms with Gasteiger partial charge in [0, 0.05) is 30.5 Å². The van der Waals surface area contributed by atoms with Crippen LogP contribution in [-0.2, 0) is 6.54 Å². The average molecular weight is 246 g/mol. The van der Waals surface area contributed by atoms with E-state index in [0.29, 0.717) is 5.56 Å². The molecule has 0 saturated carbocycles. The minimum absolute atomic E-state index is 0.190. The summed E-state index contributed by atoms with van der Waals surface area (Å²) >= 11 is 0. The van der Waals surface area contributed by atoms with Crippen LogP contribution in [-0.4, -0.2) is 12.2 Å². The van der Waals surface area contributed by atoms with Crippen LogP contribution in [0.2, 0.25) is 0 Å². The summed E-state index contributed by atoms with van der Waals surface area (Å²) in [4.78, 5) is 1.84. The first-order chi connectivity index (χ1) is 8.61. The molecule has 0 aliphatic heterocycles. The molecule has 0 atom stereocenters. The fourth-order valence-electron chi connectivity index (χ4n) is 1.74. The molecule has 94 valence electrons. The Bertz CT molecular complexity index is 540. The molecule has 2 aromatic rings. The van der Waals surface area contributed by atoms with E-state index in [2.05, 4.69) is 0 Å². The summed E-state index contributed by atoms with van der Waals surface area (Å²) in [6.07, 6.45) is 0. The van der Waals surface area contributed by atoms with Gasteiger partial charge in [0.05, 0.1) is 0 Å².